The fourth-order valence-corrected chi connectivity index (χ4v) is 2.02. The van der Waals surface area contributed by atoms with Crippen LogP contribution in [0.1, 0.15) is 44.5 Å². The molecule has 1 aromatic heterocycles. The Morgan fingerprint density at radius 2 is 2.29 bits per heavy atom. The summed E-state index contributed by atoms with van der Waals surface area (Å²) >= 11 is 0. The van der Waals surface area contributed by atoms with Crippen LogP contribution in [-0.4, -0.2) is 14.8 Å². The number of nitrogens with zero attached hydrogens (tertiary/aromatic N) is 3. The third-order valence-corrected chi connectivity index (χ3v) is 2.66. The van der Waals surface area contributed by atoms with Crippen molar-refractivity contribution in [2.75, 3.05) is 0 Å². The van der Waals surface area contributed by atoms with Crippen molar-refractivity contribution in [1.29, 1.82) is 0 Å². The summed E-state index contributed by atoms with van der Waals surface area (Å²) in [5, 5.41) is 8.41. The molecule has 1 aliphatic heterocycles. The van der Waals surface area contributed by atoms with Crippen LogP contribution in [-0.2, 0) is 12.8 Å². The van der Waals surface area contributed by atoms with Crippen molar-refractivity contribution in [2.45, 2.75) is 45.7 Å². The zero-order chi connectivity index (χ0) is 10.1. The van der Waals surface area contributed by atoms with Crippen molar-refractivity contribution in [3.05, 3.63) is 11.6 Å². The Bertz CT molecular complexity index is 316. The standard InChI is InChI=1S/C10H18N4/c1-7(2)6-10-13-12-9-5-3-4-8(11)14(9)10/h7-8H,3-6,11H2,1-2H3. The van der Waals surface area contributed by atoms with Gasteiger partial charge in [0.05, 0.1) is 6.17 Å². The van der Waals surface area contributed by atoms with E-state index in [9.17, 15) is 0 Å². The summed E-state index contributed by atoms with van der Waals surface area (Å²) in [5.41, 5.74) is 6.05. The number of hydrogen-bond acceptors (Lipinski definition) is 3. The molecule has 14 heavy (non-hydrogen) atoms. The summed E-state index contributed by atoms with van der Waals surface area (Å²) in [6, 6.07) is 0. The average molecular weight is 194 g/mol. The molecule has 2 heterocycles. The zero-order valence-electron chi connectivity index (χ0n) is 8.90. The molecular formula is C10H18N4. The second kappa shape index (κ2) is 3.69. The Balaban J connectivity index is 2.29. The zero-order valence-corrected chi connectivity index (χ0v) is 8.90. The number of rotatable bonds is 2. The molecule has 4 nitrogen and oxygen atoms in total. The number of hydrogen-bond donors (Lipinski definition) is 1. The van der Waals surface area contributed by atoms with Gasteiger partial charge in [-0.2, -0.15) is 0 Å². The average Bonchev–Trinajstić information content (AvgIpc) is 2.49. The fraction of sp³-hybridized carbons (Fsp3) is 0.800. The number of aryl methyl sites for hydroxylation is 1. The van der Waals surface area contributed by atoms with E-state index in [2.05, 4.69) is 28.6 Å². The van der Waals surface area contributed by atoms with E-state index < -0.39 is 0 Å². The van der Waals surface area contributed by atoms with Crippen molar-refractivity contribution in [3.8, 4) is 0 Å². The van der Waals surface area contributed by atoms with Crippen LogP contribution in [0.25, 0.3) is 0 Å². The molecule has 0 fully saturated rings. The quantitative estimate of drug-likeness (QED) is 0.771. The Morgan fingerprint density at radius 1 is 1.50 bits per heavy atom. The Morgan fingerprint density at radius 3 is 3.00 bits per heavy atom. The molecule has 4 heteroatoms. The lowest BCUT2D eigenvalue weighted by atomic mass is 10.1. The van der Waals surface area contributed by atoms with Gasteiger partial charge in [0.25, 0.3) is 0 Å². The molecule has 0 spiro atoms. The van der Waals surface area contributed by atoms with Gasteiger partial charge in [-0.25, -0.2) is 0 Å². The van der Waals surface area contributed by atoms with Gasteiger partial charge in [0.2, 0.25) is 0 Å². The highest BCUT2D eigenvalue weighted by atomic mass is 15.3. The van der Waals surface area contributed by atoms with Gasteiger partial charge in [-0.05, 0) is 18.8 Å². The van der Waals surface area contributed by atoms with Crippen molar-refractivity contribution in [1.82, 2.24) is 14.8 Å². The van der Waals surface area contributed by atoms with Crippen LogP contribution in [0.2, 0.25) is 0 Å². The SMILES string of the molecule is CC(C)Cc1nnc2n1C(N)CCC2. The molecule has 0 aliphatic carbocycles. The van der Waals surface area contributed by atoms with Gasteiger partial charge in [-0.15, -0.1) is 10.2 Å². The first-order chi connectivity index (χ1) is 6.68. The minimum atomic E-state index is 0.0995. The highest BCUT2D eigenvalue weighted by molar-refractivity contribution is 5.01. The van der Waals surface area contributed by atoms with E-state index in [1.165, 1.54) is 0 Å². The number of aromatic nitrogens is 3. The minimum Gasteiger partial charge on any atom is -0.311 e. The molecule has 0 bridgehead atoms. The summed E-state index contributed by atoms with van der Waals surface area (Å²) in [4.78, 5) is 0. The highest BCUT2D eigenvalue weighted by Gasteiger charge is 2.21. The normalized spacial score (nSPS) is 21.3. The molecule has 1 aromatic rings. The minimum absolute atomic E-state index is 0.0995. The molecule has 0 aromatic carbocycles. The lowest BCUT2D eigenvalue weighted by molar-refractivity contribution is 0.391. The van der Waals surface area contributed by atoms with Crippen LogP contribution in [0.5, 0.6) is 0 Å². The van der Waals surface area contributed by atoms with Gasteiger partial charge in [0.1, 0.15) is 11.6 Å². The lowest BCUT2D eigenvalue weighted by Crippen LogP contribution is -2.27. The smallest absolute Gasteiger partial charge is 0.134 e. The lowest BCUT2D eigenvalue weighted by Gasteiger charge is -2.22. The molecule has 1 aliphatic rings. The Labute approximate surface area is 84.5 Å². The molecule has 2 rings (SSSR count). The molecule has 1 unspecified atom stereocenters. The number of fused-ring (bicyclic) bond motifs is 1. The molecule has 0 radical (unpaired) electrons. The van der Waals surface area contributed by atoms with E-state index in [-0.39, 0.29) is 6.17 Å². The summed E-state index contributed by atoms with van der Waals surface area (Å²) < 4.78 is 2.13. The van der Waals surface area contributed by atoms with E-state index in [1.54, 1.807) is 0 Å². The Hall–Kier alpha value is -0.900. The van der Waals surface area contributed by atoms with Gasteiger partial charge in [0, 0.05) is 12.8 Å². The van der Waals surface area contributed by atoms with E-state index in [4.69, 9.17) is 5.73 Å². The van der Waals surface area contributed by atoms with Crippen molar-refractivity contribution >= 4 is 0 Å². The summed E-state index contributed by atoms with van der Waals surface area (Å²) in [6.07, 6.45) is 4.29. The maximum Gasteiger partial charge on any atom is 0.134 e. The molecule has 0 saturated carbocycles. The van der Waals surface area contributed by atoms with Crippen molar-refractivity contribution < 1.29 is 0 Å². The van der Waals surface area contributed by atoms with E-state index in [0.717, 1.165) is 37.3 Å². The predicted octanol–water partition coefficient (Wildman–Crippen LogP) is 1.27. The summed E-state index contributed by atoms with van der Waals surface area (Å²) in [5.74, 6) is 2.74. The predicted molar refractivity (Wildman–Crippen MR) is 54.7 cm³/mol. The fourth-order valence-electron chi connectivity index (χ4n) is 2.02. The van der Waals surface area contributed by atoms with Crippen LogP contribution in [0, 0.1) is 5.92 Å². The second-order valence-electron chi connectivity index (χ2n) is 4.46. The van der Waals surface area contributed by atoms with Gasteiger partial charge in [0.15, 0.2) is 0 Å². The van der Waals surface area contributed by atoms with Crippen molar-refractivity contribution in [3.63, 3.8) is 0 Å². The largest absolute Gasteiger partial charge is 0.311 e. The summed E-state index contributed by atoms with van der Waals surface area (Å²) in [7, 11) is 0. The van der Waals surface area contributed by atoms with Gasteiger partial charge < -0.3 is 5.73 Å². The third kappa shape index (κ3) is 1.66. The molecular weight excluding hydrogens is 176 g/mol. The van der Waals surface area contributed by atoms with E-state index in [1.807, 2.05) is 0 Å². The highest BCUT2D eigenvalue weighted by Crippen LogP contribution is 2.22. The molecule has 78 valence electrons. The first-order valence-electron chi connectivity index (χ1n) is 5.36. The monoisotopic (exact) mass is 194 g/mol. The Kier molecular flexibility index (Phi) is 2.54. The second-order valence-corrected chi connectivity index (χ2v) is 4.46. The van der Waals surface area contributed by atoms with Gasteiger partial charge >= 0.3 is 0 Å². The molecule has 1 atom stereocenters. The third-order valence-electron chi connectivity index (χ3n) is 2.66. The van der Waals surface area contributed by atoms with Crippen LogP contribution in [0.3, 0.4) is 0 Å². The van der Waals surface area contributed by atoms with Crippen LogP contribution in [0.4, 0.5) is 0 Å². The first kappa shape index (κ1) is 9.65. The van der Waals surface area contributed by atoms with E-state index in [0.29, 0.717) is 5.92 Å². The van der Waals surface area contributed by atoms with Crippen LogP contribution < -0.4 is 5.73 Å². The topological polar surface area (TPSA) is 56.7 Å². The van der Waals surface area contributed by atoms with Gasteiger partial charge in [-0.3, -0.25) is 4.57 Å². The summed E-state index contributed by atoms with van der Waals surface area (Å²) in [6.45, 7) is 4.38. The maximum absolute atomic E-state index is 6.05. The first-order valence-corrected chi connectivity index (χ1v) is 5.36. The maximum atomic E-state index is 6.05. The van der Waals surface area contributed by atoms with Crippen molar-refractivity contribution in [2.24, 2.45) is 11.7 Å². The van der Waals surface area contributed by atoms with Crippen LogP contribution >= 0.6 is 0 Å². The molecule has 2 N–H and O–H groups in total. The van der Waals surface area contributed by atoms with Crippen LogP contribution in [0.15, 0.2) is 0 Å². The molecule has 0 saturated heterocycles. The van der Waals surface area contributed by atoms with Gasteiger partial charge in [-0.1, -0.05) is 13.8 Å². The molecule has 0 amide bonds. The van der Waals surface area contributed by atoms with E-state index >= 15 is 0 Å². The number of nitrogens with two attached hydrogens (primary N) is 1.